The number of rotatable bonds is 3. The lowest BCUT2D eigenvalue weighted by atomic mass is 9.44. The molecule has 3 fully saturated rings. The van der Waals surface area contributed by atoms with E-state index >= 15 is 0 Å². The van der Waals surface area contributed by atoms with Gasteiger partial charge in [-0.15, -0.1) is 0 Å². The monoisotopic (exact) mass is 418 g/mol. The number of ether oxygens (including phenoxy) is 1. The summed E-state index contributed by atoms with van der Waals surface area (Å²) in [5.41, 5.74) is -2.56. The van der Waals surface area contributed by atoms with E-state index < -0.39 is 40.4 Å². The molecule has 6 nitrogen and oxygen atoms in total. The normalized spacial score (nSPS) is 47.6. The highest BCUT2D eigenvalue weighted by atomic mass is 16.5. The van der Waals surface area contributed by atoms with Gasteiger partial charge in [0.1, 0.15) is 5.60 Å². The summed E-state index contributed by atoms with van der Waals surface area (Å²) in [6.07, 6.45) is 6.05. The molecule has 7 atom stereocenters. The number of esters is 1. The average Bonchev–Trinajstić information content (AvgIpc) is 2.89. The molecule has 4 aliphatic rings. The third-order valence-corrected chi connectivity index (χ3v) is 9.56. The number of aliphatic hydroxyl groups is 2. The quantitative estimate of drug-likeness (QED) is 0.684. The zero-order valence-corrected chi connectivity index (χ0v) is 18.5. The molecule has 166 valence electrons. The van der Waals surface area contributed by atoms with E-state index in [0.717, 1.165) is 18.4 Å². The second-order valence-corrected chi connectivity index (χ2v) is 10.7. The van der Waals surface area contributed by atoms with Crippen LogP contribution in [-0.4, -0.2) is 45.6 Å². The largest absolute Gasteiger partial charge is 0.458 e. The summed E-state index contributed by atoms with van der Waals surface area (Å²) in [6, 6.07) is 0. The minimum atomic E-state index is -1.58. The highest BCUT2D eigenvalue weighted by molar-refractivity contribution is 5.92. The summed E-state index contributed by atoms with van der Waals surface area (Å²) in [5.74, 6) is -1.16. The number of Topliss-reactive ketones (excluding diaryl/α,β-unsaturated/α-hetero) is 1. The molecule has 30 heavy (non-hydrogen) atoms. The van der Waals surface area contributed by atoms with Crippen molar-refractivity contribution in [2.75, 3.05) is 6.61 Å². The van der Waals surface area contributed by atoms with Gasteiger partial charge >= 0.3 is 5.97 Å². The molecule has 0 aromatic heterocycles. The summed E-state index contributed by atoms with van der Waals surface area (Å²) in [7, 11) is 0. The van der Waals surface area contributed by atoms with Crippen LogP contribution in [0.5, 0.6) is 0 Å². The molecule has 0 heterocycles. The van der Waals surface area contributed by atoms with Crippen molar-refractivity contribution >= 4 is 17.5 Å². The molecule has 6 heteroatoms. The van der Waals surface area contributed by atoms with Crippen LogP contribution in [0.2, 0.25) is 0 Å². The van der Waals surface area contributed by atoms with Gasteiger partial charge in [0, 0.05) is 24.2 Å². The van der Waals surface area contributed by atoms with Crippen LogP contribution in [0.1, 0.15) is 72.6 Å². The van der Waals surface area contributed by atoms with E-state index in [-0.39, 0.29) is 23.5 Å². The molecule has 0 bridgehead atoms. The molecule has 0 aromatic carbocycles. The van der Waals surface area contributed by atoms with Gasteiger partial charge in [0.15, 0.2) is 12.4 Å². The van der Waals surface area contributed by atoms with Gasteiger partial charge in [0.25, 0.3) is 0 Å². The van der Waals surface area contributed by atoms with Crippen molar-refractivity contribution in [1.82, 2.24) is 0 Å². The first-order valence-electron chi connectivity index (χ1n) is 11.3. The molecular formula is C24H34O6. The molecule has 0 radical (unpaired) electrons. The maximum Gasteiger partial charge on any atom is 0.303 e. The first-order chi connectivity index (χ1) is 13.9. The highest BCUT2D eigenvalue weighted by Crippen LogP contribution is 2.70. The Morgan fingerprint density at radius 1 is 1.13 bits per heavy atom. The van der Waals surface area contributed by atoms with E-state index in [9.17, 15) is 24.6 Å². The number of carbonyl (C=O) groups is 3. The fourth-order valence-electron chi connectivity index (χ4n) is 7.72. The van der Waals surface area contributed by atoms with Crippen LogP contribution in [0, 0.1) is 28.6 Å². The molecule has 0 aromatic rings. The van der Waals surface area contributed by atoms with Gasteiger partial charge in [-0.1, -0.05) is 26.3 Å². The zero-order valence-electron chi connectivity index (χ0n) is 18.5. The molecule has 0 aliphatic heterocycles. The Hall–Kier alpha value is -1.53. The van der Waals surface area contributed by atoms with Gasteiger partial charge in [-0.3, -0.25) is 14.4 Å². The lowest BCUT2D eigenvalue weighted by Gasteiger charge is -2.63. The summed E-state index contributed by atoms with van der Waals surface area (Å²) in [6.45, 7) is 6.80. The van der Waals surface area contributed by atoms with E-state index in [1.54, 1.807) is 6.08 Å². The van der Waals surface area contributed by atoms with Crippen molar-refractivity contribution in [2.45, 2.75) is 83.8 Å². The summed E-state index contributed by atoms with van der Waals surface area (Å²) < 4.78 is 4.94. The number of hydrogen-bond donors (Lipinski definition) is 2. The van der Waals surface area contributed by atoms with Crippen molar-refractivity contribution < 1.29 is 29.3 Å². The minimum Gasteiger partial charge on any atom is -0.458 e. The highest BCUT2D eigenvalue weighted by Gasteiger charge is 2.72. The Kier molecular flexibility index (Phi) is 4.87. The van der Waals surface area contributed by atoms with Crippen molar-refractivity contribution in [3.8, 4) is 0 Å². The summed E-state index contributed by atoms with van der Waals surface area (Å²) in [5, 5.41) is 23.8. The average molecular weight is 419 g/mol. The van der Waals surface area contributed by atoms with E-state index in [1.165, 1.54) is 6.92 Å². The third-order valence-electron chi connectivity index (χ3n) is 9.56. The lowest BCUT2D eigenvalue weighted by molar-refractivity contribution is -0.213. The number of ketones is 2. The fraction of sp³-hybridized carbons (Fsp3) is 0.792. The van der Waals surface area contributed by atoms with E-state index in [1.807, 2.05) is 13.8 Å². The standard InChI is InChI=1S/C24H34O6/c1-14-11-19-18-6-5-16-12-17(26)7-8-21(16,3)23(18,28)10-9-22(19,4)24(14,29)20(27)13-30-15(2)25/h12,14,18-19,28-29H,5-11,13H2,1-4H3/t14?,18-,19-,21-,22-,23+,24-/m0/s1. The maximum atomic E-state index is 13.1. The molecule has 2 N–H and O–H groups in total. The maximum absolute atomic E-state index is 13.1. The van der Waals surface area contributed by atoms with Gasteiger partial charge in [0.05, 0.1) is 5.60 Å². The third kappa shape index (κ3) is 2.59. The Bertz CT molecular complexity index is 832. The molecule has 4 rings (SSSR count). The lowest BCUT2D eigenvalue weighted by Crippen LogP contribution is -2.66. The summed E-state index contributed by atoms with van der Waals surface area (Å²) >= 11 is 0. The number of carbonyl (C=O) groups excluding carboxylic acids is 3. The van der Waals surface area contributed by atoms with Crippen LogP contribution >= 0.6 is 0 Å². The van der Waals surface area contributed by atoms with Gasteiger partial charge in [-0.25, -0.2) is 0 Å². The predicted octanol–water partition coefficient (Wildman–Crippen LogP) is 2.74. The first-order valence-corrected chi connectivity index (χ1v) is 11.3. The number of hydrogen-bond acceptors (Lipinski definition) is 6. The van der Waals surface area contributed by atoms with E-state index in [4.69, 9.17) is 4.74 Å². The Morgan fingerprint density at radius 3 is 2.50 bits per heavy atom. The van der Waals surface area contributed by atoms with Crippen molar-refractivity contribution in [2.24, 2.45) is 28.6 Å². The molecule has 0 saturated heterocycles. The van der Waals surface area contributed by atoms with Crippen LogP contribution in [0.3, 0.4) is 0 Å². The molecule has 1 unspecified atom stereocenters. The smallest absolute Gasteiger partial charge is 0.303 e. The van der Waals surface area contributed by atoms with E-state index in [0.29, 0.717) is 32.1 Å². The van der Waals surface area contributed by atoms with Crippen LogP contribution < -0.4 is 0 Å². The first kappa shape index (κ1) is 21.7. The van der Waals surface area contributed by atoms with Gasteiger partial charge in [-0.2, -0.15) is 0 Å². The SMILES string of the molecule is CC(=O)OCC(=O)[C@@]1(O)C(C)C[C@H]2[C@@H]3CCC4=CC(=O)CC[C@]4(C)[C@@]3(O)CC[C@@]21C. The topological polar surface area (TPSA) is 101 Å². The van der Waals surface area contributed by atoms with Crippen LogP contribution in [-0.2, 0) is 19.1 Å². The van der Waals surface area contributed by atoms with Crippen LogP contribution in [0.4, 0.5) is 0 Å². The number of fused-ring (bicyclic) bond motifs is 5. The molecule has 4 aliphatic carbocycles. The van der Waals surface area contributed by atoms with Crippen LogP contribution in [0.15, 0.2) is 11.6 Å². The molecule has 0 amide bonds. The Morgan fingerprint density at radius 2 is 1.83 bits per heavy atom. The van der Waals surface area contributed by atoms with Crippen LogP contribution in [0.25, 0.3) is 0 Å². The second-order valence-electron chi connectivity index (χ2n) is 10.7. The molecular weight excluding hydrogens is 384 g/mol. The van der Waals surface area contributed by atoms with Gasteiger partial charge in [0.2, 0.25) is 5.78 Å². The Balaban J connectivity index is 1.70. The summed E-state index contributed by atoms with van der Waals surface area (Å²) in [4.78, 5) is 36.3. The van der Waals surface area contributed by atoms with E-state index in [2.05, 4.69) is 6.92 Å². The minimum absolute atomic E-state index is 0.00599. The van der Waals surface area contributed by atoms with Gasteiger partial charge in [-0.05, 0) is 62.4 Å². The molecule has 3 saturated carbocycles. The Labute approximate surface area is 178 Å². The van der Waals surface area contributed by atoms with Crippen molar-refractivity contribution in [3.05, 3.63) is 11.6 Å². The van der Waals surface area contributed by atoms with Crippen molar-refractivity contribution in [1.29, 1.82) is 0 Å². The fourth-order valence-corrected chi connectivity index (χ4v) is 7.72. The molecule has 0 spiro atoms. The predicted molar refractivity (Wildman–Crippen MR) is 109 cm³/mol. The van der Waals surface area contributed by atoms with Crippen molar-refractivity contribution in [3.63, 3.8) is 0 Å². The zero-order chi connectivity index (χ0) is 22.1. The van der Waals surface area contributed by atoms with Gasteiger partial charge < -0.3 is 14.9 Å². The second kappa shape index (κ2) is 6.73.